The third kappa shape index (κ3) is 37.4. The quantitative estimate of drug-likeness (QED) is 0.0249. The molecule has 18 nitrogen and oxygen atoms in total. The van der Waals surface area contributed by atoms with E-state index >= 15 is 0 Å². The molecule has 1 fully saturated rings. The molecule has 1 heterocycles. The standard InChI is InChI=1S/C62H108N2O16/c1-11-12-13-14-15-16-17-18-19-20-21-22-23-26-30-33-36-39-42-55(76-49(7)68)61(72)64-53(43-74-62-57(63-46(4)65)60(79-52(10)71)59(78-51(9)70)56(80-62)44-73-47(5)66)58(77-50(8)69)54(75-48(6)67)41-38-35-32-29-27-24-25-28-31-34-37-40-45(2)3/h38,41,45,53-60,62H,11-37,39-40,42-44H2,1-10H3,(H,63,65)(H,64,72)/b41-38+/t53?,54?,55?,56-,57-,58?,59-,60-,62+/m1/s1. The zero-order chi connectivity index (χ0) is 59.5. The van der Waals surface area contributed by atoms with Gasteiger partial charge >= 0.3 is 35.8 Å². The molecule has 2 N–H and O–H groups in total. The number of hydrogen-bond donors (Lipinski definition) is 2. The van der Waals surface area contributed by atoms with Crippen LogP contribution in [-0.2, 0) is 76.3 Å². The highest BCUT2D eigenvalue weighted by atomic mass is 16.7. The number of rotatable bonds is 47. The number of carbonyl (C=O) groups is 8. The zero-order valence-electron chi connectivity index (χ0n) is 51.1. The third-order valence-electron chi connectivity index (χ3n) is 14.1. The number of carbonyl (C=O) groups excluding carboxylic acids is 8. The fourth-order valence-electron chi connectivity index (χ4n) is 10.1. The first kappa shape index (κ1) is 73.4. The van der Waals surface area contributed by atoms with Gasteiger partial charge in [-0.2, -0.15) is 0 Å². The molecule has 1 rings (SSSR count). The van der Waals surface area contributed by atoms with Gasteiger partial charge in [-0.3, -0.25) is 38.4 Å². The second kappa shape index (κ2) is 46.0. The van der Waals surface area contributed by atoms with Crippen LogP contribution in [-0.4, -0.2) is 116 Å². The van der Waals surface area contributed by atoms with Crippen molar-refractivity contribution in [2.75, 3.05) is 13.2 Å². The predicted octanol–water partition coefficient (Wildman–Crippen LogP) is 11.9. The van der Waals surface area contributed by atoms with Gasteiger partial charge in [-0.05, 0) is 37.7 Å². The van der Waals surface area contributed by atoms with E-state index in [9.17, 15) is 38.4 Å². The van der Waals surface area contributed by atoms with Crippen molar-refractivity contribution in [3.63, 3.8) is 0 Å². The summed E-state index contributed by atoms with van der Waals surface area (Å²) < 4.78 is 46.4. The molecule has 462 valence electrons. The van der Waals surface area contributed by atoms with Crippen molar-refractivity contribution in [1.29, 1.82) is 0 Å². The molecule has 9 atom stereocenters. The van der Waals surface area contributed by atoms with E-state index in [0.29, 0.717) is 12.8 Å². The molecule has 80 heavy (non-hydrogen) atoms. The van der Waals surface area contributed by atoms with Gasteiger partial charge in [0.05, 0.1) is 12.6 Å². The molecule has 1 aliphatic rings. The van der Waals surface area contributed by atoms with E-state index in [2.05, 4.69) is 31.4 Å². The van der Waals surface area contributed by atoms with Crippen molar-refractivity contribution in [3.05, 3.63) is 12.2 Å². The molecule has 18 heteroatoms. The van der Waals surface area contributed by atoms with Crippen LogP contribution >= 0.6 is 0 Å². The number of nitrogens with one attached hydrogen (secondary N) is 2. The average molecular weight is 1140 g/mol. The lowest BCUT2D eigenvalue weighted by Gasteiger charge is -2.45. The highest BCUT2D eigenvalue weighted by Crippen LogP contribution is 2.29. The van der Waals surface area contributed by atoms with Gasteiger partial charge in [-0.15, -0.1) is 0 Å². The minimum absolute atomic E-state index is 0.178. The Morgan fingerprint density at radius 2 is 0.963 bits per heavy atom. The van der Waals surface area contributed by atoms with E-state index in [1.807, 2.05) is 6.08 Å². The summed E-state index contributed by atoms with van der Waals surface area (Å²) in [6.07, 6.45) is 27.3. The van der Waals surface area contributed by atoms with Crippen molar-refractivity contribution in [2.45, 2.75) is 317 Å². The minimum Gasteiger partial charge on any atom is -0.463 e. The zero-order valence-corrected chi connectivity index (χ0v) is 51.1. The summed E-state index contributed by atoms with van der Waals surface area (Å²) in [7, 11) is 0. The van der Waals surface area contributed by atoms with Crippen molar-refractivity contribution in [2.24, 2.45) is 5.92 Å². The van der Waals surface area contributed by atoms with E-state index in [-0.39, 0.29) is 6.42 Å². The maximum atomic E-state index is 14.5. The number of ether oxygens (including phenoxy) is 8. The third-order valence-corrected chi connectivity index (χ3v) is 14.1. The van der Waals surface area contributed by atoms with Crippen LogP contribution in [0.4, 0.5) is 0 Å². The molecular weight excluding hydrogens is 1030 g/mol. The number of hydrogen-bond acceptors (Lipinski definition) is 16. The van der Waals surface area contributed by atoms with Gasteiger partial charge in [0.2, 0.25) is 5.91 Å². The van der Waals surface area contributed by atoms with Crippen molar-refractivity contribution in [3.8, 4) is 0 Å². The monoisotopic (exact) mass is 1140 g/mol. The second-order valence-corrected chi connectivity index (χ2v) is 22.3. The molecule has 4 unspecified atom stereocenters. The van der Waals surface area contributed by atoms with Crippen LogP contribution in [0.15, 0.2) is 12.2 Å². The lowest BCUT2D eigenvalue weighted by molar-refractivity contribution is -0.280. The summed E-state index contributed by atoms with van der Waals surface area (Å²) in [6.45, 7) is 13.8. The van der Waals surface area contributed by atoms with E-state index in [1.54, 1.807) is 6.08 Å². The summed E-state index contributed by atoms with van der Waals surface area (Å²) in [5, 5.41) is 5.51. The van der Waals surface area contributed by atoms with Gasteiger partial charge in [0.25, 0.3) is 5.91 Å². The van der Waals surface area contributed by atoms with Gasteiger partial charge < -0.3 is 48.5 Å². The Bertz CT molecular complexity index is 1770. The Morgan fingerprint density at radius 3 is 1.40 bits per heavy atom. The number of allylic oxidation sites excluding steroid dienone is 1. The molecule has 0 spiro atoms. The molecule has 0 aromatic rings. The molecule has 0 aromatic heterocycles. The summed E-state index contributed by atoms with van der Waals surface area (Å²) in [5.74, 6) is -5.16. The number of esters is 6. The van der Waals surface area contributed by atoms with Crippen molar-refractivity contribution < 1.29 is 76.3 Å². The molecule has 0 aromatic carbocycles. The molecule has 0 saturated carbocycles. The Labute approximate surface area is 481 Å². The summed E-state index contributed by atoms with van der Waals surface area (Å²) in [4.78, 5) is 103. The van der Waals surface area contributed by atoms with Crippen LogP contribution in [0.2, 0.25) is 0 Å². The van der Waals surface area contributed by atoms with Crippen LogP contribution in [0.1, 0.15) is 262 Å². The highest BCUT2D eigenvalue weighted by molar-refractivity contribution is 5.83. The van der Waals surface area contributed by atoms with Gasteiger partial charge in [0, 0.05) is 48.5 Å². The highest BCUT2D eigenvalue weighted by Gasteiger charge is 2.52. The minimum atomic E-state index is -1.58. The summed E-state index contributed by atoms with van der Waals surface area (Å²) in [5.41, 5.74) is 0. The van der Waals surface area contributed by atoms with E-state index < -0.39 is 116 Å². The van der Waals surface area contributed by atoms with Crippen molar-refractivity contribution in [1.82, 2.24) is 10.6 Å². The normalized spacial score (nSPS) is 18.6. The number of amides is 2. The van der Waals surface area contributed by atoms with Crippen LogP contribution in [0.25, 0.3) is 0 Å². The maximum Gasteiger partial charge on any atom is 0.303 e. The second-order valence-electron chi connectivity index (χ2n) is 22.3. The molecule has 0 bridgehead atoms. The first-order chi connectivity index (χ1) is 38.2. The van der Waals surface area contributed by atoms with Gasteiger partial charge in [-0.1, -0.05) is 194 Å². The molecule has 0 radical (unpaired) electrons. The topological polar surface area (TPSA) is 234 Å². The Morgan fingerprint density at radius 1 is 0.512 bits per heavy atom. The maximum absolute atomic E-state index is 14.5. The van der Waals surface area contributed by atoms with Gasteiger partial charge in [0.1, 0.15) is 18.8 Å². The molecule has 1 saturated heterocycles. The Hall–Kier alpha value is -4.58. The lowest BCUT2D eigenvalue weighted by atomic mass is 9.96. The average Bonchev–Trinajstić information content (AvgIpc) is 3.39. The van der Waals surface area contributed by atoms with Crippen LogP contribution in [0.5, 0.6) is 0 Å². The van der Waals surface area contributed by atoms with E-state index in [0.717, 1.165) is 85.0 Å². The number of unbranched alkanes of at least 4 members (excludes halogenated alkanes) is 26. The Balaban J connectivity index is 3.39. The molecule has 2 amide bonds. The van der Waals surface area contributed by atoms with Crippen LogP contribution in [0, 0.1) is 5.92 Å². The molecular formula is C62H108N2O16. The largest absolute Gasteiger partial charge is 0.463 e. The smallest absolute Gasteiger partial charge is 0.303 e. The molecule has 1 aliphatic heterocycles. The van der Waals surface area contributed by atoms with Crippen LogP contribution < -0.4 is 10.6 Å². The van der Waals surface area contributed by atoms with E-state index in [4.69, 9.17) is 37.9 Å². The Kier molecular flexibility index (Phi) is 42.2. The lowest BCUT2D eigenvalue weighted by Crippen LogP contribution is -2.67. The fraction of sp³-hybridized carbons (Fsp3) is 0.839. The van der Waals surface area contributed by atoms with Gasteiger partial charge in [-0.25, -0.2) is 0 Å². The van der Waals surface area contributed by atoms with Gasteiger partial charge in [0.15, 0.2) is 36.8 Å². The predicted molar refractivity (Wildman–Crippen MR) is 307 cm³/mol. The fourth-order valence-corrected chi connectivity index (χ4v) is 10.1. The first-order valence-electron chi connectivity index (χ1n) is 30.8. The van der Waals surface area contributed by atoms with E-state index in [1.165, 1.54) is 143 Å². The first-order valence-corrected chi connectivity index (χ1v) is 30.8. The van der Waals surface area contributed by atoms with Crippen LogP contribution in [0.3, 0.4) is 0 Å². The summed E-state index contributed by atoms with van der Waals surface area (Å²) in [6, 6.07) is -2.76. The molecule has 0 aliphatic carbocycles. The summed E-state index contributed by atoms with van der Waals surface area (Å²) >= 11 is 0. The SMILES string of the molecule is CCCCCCCCCCCCCCCCCCCCC(OC(C)=O)C(=O)NC(CO[C@H]1O[C@H](COC(C)=O)[C@@H](OC(C)=O)[C@H](OC(C)=O)[C@H]1NC(C)=O)C(OC(C)=O)C(/C=C/CCCCCCCCCCCC(C)C)OC(C)=O. The van der Waals surface area contributed by atoms with Crippen molar-refractivity contribution >= 4 is 47.6 Å².